The van der Waals surface area contributed by atoms with Crippen LogP contribution in [0.1, 0.15) is 34.6 Å². The van der Waals surface area contributed by atoms with Gasteiger partial charge in [-0.15, -0.1) is 0 Å². The van der Waals surface area contributed by atoms with Gasteiger partial charge in [-0.25, -0.2) is 4.79 Å². The summed E-state index contributed by atoms with van der Waals surface area (Å²) in [4.78, 5) is 14.3. The van der Waals surface area contributed by atoms with Crippen LogP contribution in [0.4, 0.5) is 18.0 Å². The zero-order valence-corrected chi connectivity index (χ0v) is 19.5. The number of nitrogens with one attached hydrogen (secondary N) is 1. The highest BCUT2D eigenvalue weighted by Gasteiger charge is 2.38. The van der Waals surface area contributed by atoms with Crippen LogP contribution in [0.3, 0.4) is 0 Å². The standard InChI is InChI=1S/C28H29F3N2O2/c1-32-27(34)33-17-16-25(35-19-20-12-14-23(15-13-20)28(29,30)31)24(18-33)26(21-8-4-2-5-9-21)22-10-6-3-7-11-22/h2-15,24-26H,16-19H2,1H3,(H,32,34). The number of halogens is 3. The number of nitrogens with zero attached hydrogens (tertiary/aromatic N) is 1. The van der Waals surface area contributed by atoms with Gasteiger partial charge in [-0.3, -0.25) is 0 Å². The van der Waals surface area contributed by atoms with E-state index < -0.39 is 11.7 Å². The lowest BCUT2D eigenvalue weighted by Crippen LogP contribution is -2.51. The Labute approximate surface area is 203 Å². The summed E-state index contributed by atoms with van der Waals surface area (Å²) in [6.07, 6.45) is -3.91. The number of benzene rings is 3. The summed E-state index contributed by atoms with van der Waals surface area (Å²) in [5, 5.41) is 2.72. The maximum atomic E-state index is 12.9. The fraction of sp³-hybridized carbons (Fsp3) is 0.321. The molecular formula is C28H29F3N2O2. The Morgan fingerprint density at radius 2 is 1.54 bits per heavy atom. The molecular weight excluding hydrogens is 453 g/mol. The molecule has 1 heterocycles. The number of hydrogen-bond acceptors (Lipinski definition) is 2. The van der Waals surface area contributed by atoms with Crippen molar-refractivity contribution in [2.45, 2.75) is 31.2 Å². The number of carbonyl (C=O) groups excluding carboxylic acids is 1. The number of piperidine rings is 1. The van der Waals surface area contributed by atoms with Crippen LogP contribution in [0.25, 0.3) is 0 Å². The molecule has 0 spiro atoms. The Balaban J connectivity index is 1.61. The van der Waals surface area contributed by atoms with Gasteiger partial charge in [-0.2, -0.15) is 13.2 Å². The average molecular weight is 483 g/mol. The van der Waals surface area contributed by atoms with E-state index in [2.05, 4.69) is 29.6 Å². The molecule has 2 unspecified atom stereocenters. The number of rotatable bonds is 6. The number of alkyl halides is 3. The third kappa shape index (κ3) is 6.03. The van der Waals surface area contributed by atoms with Crippen LogP contribution in [0.5, 0.6) is 0 Å². The Morgan fingerprint density at radius 1 is 0.971 bits per heavy atom. The summed E-state index contributed by atoms with van der Waals surface area (Å²) in [6, 6.07) is 25.3. The molecule has 0 bridgehead atoms. The first kappa shape index (κ1) is 24.8. The first-order chi connectivity index (χ1) is 16.9. The minimum Gasteiger partial charge on any atom is -0.373 e. The van der Waals surface area contributed by atoms with E-state index in [4.69, 9.17) is 4.74 Å². The molecule has 1 fully saturated rings. The number of urea groups is 1. The second-order valence-electron chi connectivity index (χ2n) is 8.80. The molecule has 2 atom stereocenters. The molecule has 0 aliphatic carbocycles. The molecule has 184 valence electrons. The quantitative estimate of drug-likeness (QED) is 0.462. The van der Waals surface area contributed by atoms with Crippen molar-refractivity contribution in [3.63, 3.8) is 0 Å². The van der Waals surface area contributed by atoms with Crippen molar-refractivity contribution in [1.82, 2.24) is 10.2 Å². The largest absolute Gasteiger partial charge is 0.416 e. The molecule has 4 nitrogen and oxygen atoms in total. The van der Waals surface area contributed by atoms with Crippen molar-refractivity contribution in [3.05, 3.63) is 107 Å². The Kier molecular flexibility index (Phi) is 7.76. The molecule has 1 aliphatic heterocycles. The van der Waals surface area contributed by atoms with Crippen LogP contribution in [-0.2, 0) is 17.5 Å². The summed E-state index contributed by atoms with van der Waals surface area (Å²) in [5.41, 5.74) is 2.27. The molecule has 3 aromatic carbocycles. The lowest BCUT2D eigenvalue weighted by Gasteiger charge is -2.42. The predicted octanol–water partition coefficient (Wildman–Crippen LogP) is 6.08. The van der Waals surface area contributed by atoms with E-state index in [-0.39, 0.29) is 30.6 Å². The van der Waals surface area contributed by atoms with Gasteiger partial charge in [0.25, 0.3) is 0 Å². The van der Waals surface area contributed by atoms with Gasteiger partial charge in [0, 0.05) is 32.0 Å². The third-order valence-corrected chi connectivity index (χ3v) is 6.58. The number of ether oxygens (including phenoxy) is 1. The topological polar surface area (TPSA) is 41.6 Å². The van der Waals surface area contributed by atoms with Crippen molar-refractivity contribution < 1.29 is 22.7 Å². The van der Waals surface area contributed by atoms with Crippen molar-refractivity contribution in [3.8, 4) is 0 Å². The Morgan fingerprint density at radius 3 is 2.06 bits per heavy atom. The van der Waals surface area contributed by atoms with Gasteiger partial charge in [0.05, 0.1) is 18.3 Å². The van der Waals surface area contributed by atoms with Gasteiger partial charge in [-0.1, -0.05) is 72.8 Å². The molecule has 35 heavy (non-hydrogen) atoms. The Hall–Kier alpha value is -3.32. The fourth-order valence-corrected chi connectivity index (χ4v) is 4.83. The second kappa shape index (κ2) is 11.0. The predicted molar refractivity (Wildman–Crippen MR) is 129 cm³/mol. The van der Waals surface area contributed by atoms with Gasteiger partial charge >= 0.3 is 12.2 Å². The van der Waals surface area contributed by atoms with Gasteiger partial charge in [0.1, 0.15) is 0 Å². The van der Waals surface area contributed by atoms with Gasteiger partial charge in [0.2, 0.25) is 0 Å². The van der Waals surface area contributed by atoms with E-state index >= 15 is 0 Å². The van der Waals surface area contributed by atoms with Gasteiger partial charge < -0.3 is 15.0 Å². The highest BCUT2D eigenvalue weighted by atomic mass is 19.4. The SMILES string of the molecule is CNC(=O)N1CCC(OCc2ccc(C(F)(F)F)cc2)C(C(c2ccccc2)c2ccccc2)C1. The van der Waals surface area contributed by atoms with E-state index in [9.17, 15) is 18.0 Å². The zero-order valence-electron chi connectivity index (χ0n) is 19.5. The summed E-state index contributed by atoms with van der Waals surface area (Å²) in [5.74, 6) is -0.0530. The number of carbonyl (C=O) groups is 1. The van der Waals surface area contributed by atoms with Crippen molar-refractivity contribution in [2.75, 3.05) is 20.1 Å². The van der Waals surface area contributed by atoms with Crippen molar-refractivity contribution in [2.24, 2.45) is 5.92 Å². The maximum Gasteiger partial charge on any atom is 0.416 e. The molecule has 0 saturated carbocycles. The smallest absolute Gasteiger partial charge is 0.373 e. The van der Waals surface area contributed by atoms with Gasteiger partial charge in [-0.05, 0) is 35.2 Å². The fourth-order valence-electron chi connectivity index (χ4n) is 4.83. The monoisotopic (exact) mass is 482 g/mol. The molecule has 3 aromatic rings. The lowest BCUT2D eigenvalue weighted by atomic mass is 9.75. The summed E-state index contributed by atoms with van der Waals surface area (Å²) >= 11 is 0. The van der Waals surface area contributed by atoms with Crippen LogP contribution in [-0.4, -0.2) is 37.2 Å². The van der Waals surface area contributed by atoms with Crippen LogP contribution < -0.4 is 5.32 Å². The van der Waals surface area contributed by atoms with E-state index in [0.29, 0.717) is 25.1 Å². The highest BCUT2D eigenvalue weighted by molar-refractivity contribution is 5.74. The normalized spacial score (nSPS) is 18.5. The molecule has 0 radical (unpaired) electrons. The minimum atomic E-state index is -4.37. The van der Waals surface area contributed by atoms with Gasteiger partial charge in [0.15, 0.2) is 0 Å². The third-order valence-electron chi connectivity index (χ3n) is 6.58. The van der Waals surface area contributed by atoms with Crippen LogP contribution in [0, 0.1) is 5.92 Å². The second-order valence-corrected chi connectivity index (χ2v) is 8.80. The summed E-state index contributed by atoms with van der Waals surface area (Å²) in [7, 11) is 1.62. The average Bonchev–Trinajstić information content (AvgIpc) is 2.88. The molecule has 4 rings (SSSR count). The zero-order chi connectivity index (χ0) is 24.8. The molecule has 2 amide bonds. The Bertz CT molecular complexity index is 1050. The first-order valence-corrected chi connectivity index (χ1v) is 11.7. The molecule has 0 aromatic heterocycles. The van der Waals surface area contributed by atoms with Crippen LogP contribution >= 0.6 is 0 Å². The van der Waals surface area contributed by atoms with E-state index in [1.807, 2.05) is 41.3 Å². The highest BCUT2D eigenvalue weighted by Crippen LogP contribution is 2.39. The maximum absolute atomic E-state index is 12.9. The number of amides is 2. The summed E-state index contributed by atoms with van der Waals surface area (Å²) < 4.78 is 45.1. The van der Waals surface area contributed by atoms with Crippen molar-refractivity contribution >= 4 is 6.03 Å². The molecule has 1 N–H and O–H groups in total. The summed E-state index contributed by atoms with van der Waals surface area (Å²) in [6.45, 7) is 1.26. The first-order valence-electron chi connectivity index (χ1n) is 11.7. The van der Waals surface area contributed by atoms with Crippen LogP contribution in [0.15, 0.2) is 84.9 Å². The molecule has 1 saturated heterocycles. The van der Waals surface area contributed by atoms with Crippen molar-refractivity contribution in [1.29, 1.82) is 0 Å². The molecule has 7 heteroatoms. The lowest BCUT2D eigenvalue weighted by molar-refractivity contribution is -0.137. The van der Waals surface area contributed by atoms with E-state index in [0.717, 1.165) is 23.3 Å². The minimum absolute atomic E-state index is 0.0116. The molecule has 1 aliphatic rings. The number of likely N-dealkylation sites (tertiary alicyclic amines) is 1. The van der Waals surface area contributed by atoms with Crippen LogP contribution in [0.2, 0.25) is 0 Å². The van der Waals surface area contributed by atoms with E-state index in [1.165, 1.54) is 12.1 Å². The van der Waals surface area contributed by atoms with E-state index in [1.54, 1.807) is 7.05 Å². The number of hydrogen-bond donors (Lipinski definition) is 1.